The third-order valence-electron chi connectivity index (χ3n) is 11.9. The van der Waals surface area contributed by atoms with Gasteiger partial charge in [0.2, 0.25) is 0 Å². The molecule has 56 heavy (non-hydrogen) atoms. The summed E-state index contributed by atoms with van der Waals surface area (Å²) in [5.41, 5.74) is 21.5. The monoisotopic (exact) mass is 874 g/mol. The molecular formula is C45H69Cl3N6SiTi. The van der Waals surface area contributed by atoms with Crippen LogP contribution in [0.25, 0.3) is 0 Å². The molecule has 0 amide bonds. The average molecular weight is 876 g/mol. The summed E-state index contributed by atoms with van der Waals surface area (Å²) in [5.74, 6) is 0. The minimum atomic E-state index is -3.36. The SMILES string of the molecule is Cc1cc(N(C)C)c([Si](c2c(N(C)C)cc(C)c(N(C)C)c2C)(c2c(N(C)C)cc(C)c(N(C)C)c2C)c2c(C)c(C)c(C)[c-]2C)c(C)c1N(C)C.[Cl-].[Cl-].[Cl-].[Ti+4]. The first-order chi connectivity index (χ1) is 24.0. The molecule has 0 atom stereocenters. The van der Waals surface area contributed by atoms with Crippen molar-refractivity contribution in [2.75, 3.05) is 114 Å². The predicted octanol–water partition coefficient (Wildman–Crippen LogP) is -2.73. The van der Waals surface area contributed by atoms with Crippen LogP contribution in [-0.2, 0) is 21.7 Å². The topological polar surface area (TPSA) is 19.4 Å². The van der Waals surface area contributed by atoms with E-state index in [1.165, 1.54) is 111 Å². The first-order valence-corrected chi connectivity index (χ1v) is 20.7. The van der Waals surface area contributed by atoms with Gasteiger partial charge < -0.3 is 66.6 Å². The van der Waals surface area contributed by atoms with E-state index in [4.69, 9.17) is 0 Å². The molecule has 4 aromatic carbocycles. The molecule has 0 saturated carbocycles. The Hall–Kier alpha value is -2.39. The molecule has 0 aliphatic heterocycles. The molecule has 0 unspecified atom stereocenters. The van der Waals surface area contributed by atoms with Crippen LogP contribution < -0.4 is 87.4 Å². The van der Waals surface area contributed by atoms with Gasteiger partial charge in [-0.15, -0.1) is 0 Å². The molecule has 0 N–H and O–H groups in total. The van der Waals surface area contributed by atoms with Crippen LogP contribution in [0.3, 0.4) is 0 Å². The molecule has 0 radical (unpaired) electrons. The van der Waals surface area contributed by atoms with Crippen LogP contribution in [0.1, 0.15) is 55.6 Å². The van der Waals surface area contributed by atoms with Crippen molar-refractivity contribution in [1.82, 2.24) is 0 Å². The number of anilines is 6. The summed E-state index contributed by atoms with van der Waals surface area (Å²) >= 11 is 0. The second-order valence-electron chi connectivity index (χ2n) is 16.7. The first-order valence-electron chi connectivity index (χ1n) is 18.7. The van der Waals surface area contributed by atoms with Gasteiger partial charge in [0.1, 0.15) is 0 Å². The number of halogens is 3. The molecular weight excluding hydrogens is 807 g/mol. The van der Waals surface area contributed by atoms with Gasteiger partial charge >= 0.3 is 21.7 Å². The molecule has 308 valence electrons. The van der Waals surface area contributed by atoms with Crippen LogP contribution in [0.2, 0.25) is 0 Å². The van der Waals surface area contributed by atoms with Gasteiger partial charge in [0, 0.05) is 119 Å². The minimum Gasteiger partial charge on any atom is -1.00 e. The van der Waals surface area contributed by atoms with E-state index in [9.17, 15) is 0 Å². The van der Waals surface area contributed by atoms with Crippen LogP contribution in [0.4, 0.5) is 34.1 Å². The zero-order valence-electron chi connectivity index (χ0n) is 38.5. The van der Waals surface area contributed by atoms with Crippen molar-refractivity contribution in [3.8, 4) is 0 Å². The summed E-state index contributed by atoms with van der Waals surface area (Å²) < 4.78 is 0. The van der Waals surface area contributed by atoms with E-state index in [-0.39, 0.29) is 58.9 Å². The van der Waals surface area contributed by atoms with E-state index in [1.807, 2.05) is 0 Å². The van der Waals surface area contributed by atoms with Gasteiger partial charge in [0.05, 0.1) is 0 Å². The molecule has 0 spiro atoms. The fraction of sp³-hybridized carbons (Fsp3) is 0.489. The maximum absolute atomic E-state index is 3.36. The molecule has 4 rings (SSSR count). The number of nitrogens with zero attached hydrogens (tertiary/aromatic N) is 6. The number of rotatable bonds is 10. The van der Waals surface area contributed by atoms with Crippen LogP contribution in [0.5, 0.6) is 0 Å². The Balaban J connectivity index is 0.00000756. The summed E-state index contributed by atoms with van der Waals surface area (Å²) in [5, 5.41) is 5.95. The number of aryl methyl sites for hydroxylation is 3. The van der Waals surface area contributed by atoms with E-state index in [0.29, 0.717) is 0 Å². The van der Waals surface area contributed by atoms with Crippen LogP contribution in [-0.4, -0.2) is 92.6 Å². The molecule has 4 aromatic rings. The third kappa shape index (κ3) is 8.38. The van der Waals surface area contributed by atoms with Gasteiger partial charge in [-0.2, -0.15) is 27.4 Å². The zero-order valence-corrected chi connectivity index (χ0v) is 43.4. The van der Waals surface area contributed by atoms with Crippen molar-refractivity contribution in [3.05, 3.63) is 73.8 Å². The fourth-order valence-corrected chi connectivity index (χ4v) is 17.0. The molecule has 11 heteroatoms. The van der Waals surface area contributed by atoms with Crippen LogP contribution in [0.15, 0.2) is 18.2 Å². The summed E-state index contributed by atoms with van der Waals surface area (Å²) in [6.45, 7) is 23.6. The Kier molecular flexibility index (Phi) is 18.7. The van der Waals surface area contributed by atoms with Gasteiger partial charge in [-0.05, 0) is 109 Å². The van der Waals surface area contributed by atoms with Crippen LogP contribution >= 0.6 is 0 Å². The molecule has 0 aliphatic rings. The quantitative estimate of drug-likeness (QED) is 0.0975. The van der Waals surface area contributed by atoms with Crippen molar-refractivity contribution < 1.29 is 58.9 Å². The van der Waals surface area contributed by atoms with Crippen molar-refractivity contribution >= 4 is 62.9 Å². The van der Waals surface area contributed by atoms with Gasteiger partial charge in [-0.25, -0.2) is 0 Å². The summed E-state index contributed by atoms with van der Waals surface area (Å²) in [6.07, 6.45) is 0. The zero-order chi connectivity index (χ0) is 39.6. The van der Waals surface area contributed by atoms with Crippen molar-refractivity contribution in [2.24, 2.45) is 0 Å². The second kappa shape index (κ2) is 19.6. The molecule has 0 aromatic heterocycles. The fourth-order valence-electron chi connectivity index (χ4n) is 9.93. The van der Waals surface area contributed by atoms with E-state index in [0.717, 1.165) is 0 Å². The molecule has 0 heterocycles. The Bertz CT molecular complexity index is 1820. The predicted molar refractivity (Wildman–Crippen MR) is 239 cm³/mol. The minimum absolute atomic E-state index is 0. The average Bonchev–Trinajstić information content (AvgIpc) is 3.20. The summed E-state index contributed by atoms with van der Waals surface area (Å²) in [6, 6.07) is 7.43. The van der Waals surface area contributed by atoms with Gasteiger partial charge in [0.15, 0.2) is 8.07 Å². The molecule has 0 fully saturated rings. The molecule has 0 aliphatic carbocycles. The Morgan fingerprint density at radius 1 is 0.393 bits per heavy atom. The van der Waals surface area contributed by atoms with Gasteiger partial charge in [-0.3, -0.25) is 0 Å². The van der Waals surface area contributed by atoms with Crippen molar-refractivity contribution in [3.63, 3.8) is 0 Å². The Morgan fingerprint density at radius 2 is 0.643 bits per heavy atom. The molecule has 0 bridgehead atoms. The number of hydrogen-bond acceptors (Lipinski definition) is 6. The molecule has 0 saturated heterocycles. The Labute approximate surface area is 376 Å². The van der Waals surface area contributed by atoms with E-state index in [1.54, 1.807) is 0 Å². The Morgan fingerprint density at radius 3 is 0.821 bits per heavy atom. The largest absolute Gasteiger partial charge is 4.00 e. The van der Waals surface area contributed by atoms with E-state index < -0.39 is 8.07 Å². The smallest absolute Gasteiger partial charge is 1.00 e. The third-order valence-corrected chi connectivity index (χ3v) is 17.5. The first kappa shape index (κ1) is 53.6. The second-order valence-corrected chi connectivity index (χ2v) is 20.2. The maximum Gasteiger partial charge on any atom is 4.00 e. The van der Waals surface area contributed by atoms with Gasteiger partial charge in [0.25, 0.3) is 0 Å². The molecule has 6 nitrogen and oxygen atoms in total. The normalized spacial score (nSPS) is 10.8. The van der Waals surface area contributed by atoms with Gasteiger partial charge in [-0.1, -0.05) is 27.7 Å². The van der Waals surface area contributed by atoms with E-state index in [2.05, 4.69) is 201 Å². The van der Waals surface area contributed by atoms with Crippen molar-refractivity contribution in [1.29, 1.82) is 0 Å². The maximum atomic E-state index is 2.48. The van der Waals surface area contributed by atoms with Crippen molar-refractivity contribution in [2.45, 2.75) is 69.2 Å². The van der Waals surface area contributed by atoms with Crippen LogP contribution in [0, 0.1) is 69.2 Å². The summed E-state index contributed by atoms with van der Waals surface area (Å²) in [7, 11) is 23.4. The van der Waals surface area contributed by atoms with E-state index >= 15 is 0 Å². The number of benzene rings is 3. The number of hydrogen-bond donors (Lipinski definition) is 0. The standard InChI is InChI=1S/C45H69N6Si.3ClH.Ti/c1-26-23-36(46(11)12)43(33(8)39(26)49(17)18)52(42-31(6)29(4)30(5)32(42)7,44-34(9)40(50(19)20)27(2)24-37(44)47(13)14)45-35(10)41(51(21)22)28(3)25-38(45)48(15)16;;;;/h23-25H,1-22H3;3*1H;/q-1;;;;+4/p-3. The summed E-state index contributed by atoms with van der Waals surface area (Å²) in [4.78, 5) is 14.2.